The molecule has 1 N–H and O–H groups in total. The first kappa shape index (κ1) is 23.7. The summed E-state index contributed by atoms with van der Waals surface area (Å²) in [4.78, 5) is 33.4. The zero-order valence-electron chi connectivity index (χ0n) is 19.3. The van der Waals surface area contributed by atoms with Crippen molar-refractivity contribution in [3.63, 3.8) is 0 Å². The second-order valence-corrected chi connectivity index (χ2v) is 10.7. The third-order valence-electron chi connectivity index (χ3n) is 6.35. The molecule has 180 valence electrons. The Morgan fingerprint density at radius 3 is 2.63 bits per heavy atom. The molecule has 9 heteroatoms. The van der Waals surface area contributed by atoms with E-state index in [9.17, 15) is 14.0 Å². The lowest BCUT2D eigenvalue weighted by molar-refractivity contribution is -0.122. The van der Waals surface area contributed by atoms with Gasteiger partial charge in [0.05, 0.1) is 17.0 Å². The number of nitrogens with one attached hydrogen (secondary N) is 1. The number of nitrogens with zero attached hydrogens (tertiary/aromatic N) is 3. The fourth-order valence-corrected chi connectivity index (χ4v) is 5.72. The smallest absolute Gasteiger partial charge is 0.267 e. The number of amides is 1. The molecule has 0 bridgehead atoms. The highest BCUT2D eigenvalue weighted by molar-refractivity contribution is 8.26. The molecule has 0 atom stereocenters. The van der Waals surface area contributed by atoms with Crippen molar-refractivity contribution in [3.05, 3.63) is 80.4 Å². The molecule has 2 aromatic heterocycles. The molecule has 1 aromatic carbocycles. The van der Waals surface area contributed by atoms with Crippen molar-refractivity contribution in [2.24, 2.45) is 0 Å². The monoisotopic (exact) mass is 508 g/mol. The summed E-state index contributed by atoms with van der Waals surface area (Å²) in [6.45, 7) is 2.16. The number of aromatic nitrogens is 2. The van der Waals surface area contributed by atoms with Gasteiger partial charge < -0.3 is 5.32 Å². The third-order valence-corrected chi connectivity index (χ3v) is 7.73. The molecule has 0 radical (unpaired) electrons. The summed E-state index contributed by atoms with van der Waals surface area (Å²) < 4.78 is 15.2. The van der Waals surface area contributed by atoms with Crippen molar-refractivity contribution >= 4 is 51.7 Å². The molecule has 2 fully saturated rings. The summed E-state index contributed by atoms with van der Waals surface area (Å²) in [5.74, 6) is -0.118. The van der Waals surface area contributed by atoms with Crippen LogP contribution in [0, 0.1) is 12.7 Å². The van der Waals surface area contributed by atoms with E-state index >= 15 is 0 Å². The number of fused-ring (bicyclic) bond motifs is 1. The number of benzene rings is 1. The van der Waals surface area contributed by atoms with Crippen LogP contribution in [0.25, 0.3) is 11.7 Å². The van der Waals surface area contributed by atoms with Crippen LogP contribution >= 0.6 is 24.0 Å². The highest BCUT2D eigenvalue weighted by Crippen LogP contribution is 2.34. The molecule has 5 rings (SSSR count). The van der Waals surface area contributed by atoms with Gasteiger partial charge >= 0.3 is 0 Å². The lowest BCUT2D eigenvalue weighted by Gasteiger charge is -2.24. The van der Waals surface area contributed by atoms with Crippen LogP contribution in [0.5, 0.6) is 0 Å². The van der Waals surface area contributed by atoms with E-state index in [1.54, 1.807) is 24.4 Å². The van der Waals surface area contributed by atoms with E-state index in [0.717, 1.165) is 48.6 Å². The molecule has 6 nitrogen and oxygen atoms in total. The second kappa shape index (κ2) is 9.91. The maximum absolute atomic E-state index is 13.6. The minimum atomic E-state index is -0.337. The van der Waals surface area contributed by atoms with Crippen molar-refractivity contribution in [1.82, 2.24) is 14.3 Å². The van der Waals surface area contributed by atoms with Crippen molar-refractivity contribution in [1.29, 1.82) is 0 Å². The highest BCUT2D eigenvalue weighted by Gasteiger charge is 2.33. The third kappa shape index (κ3) is 5.01. The number of hydrogen-bond donors (Lipinski definition) is 1. The Labute approximate surface area is 212 Å². The Balaban J connectivity index is 1.52. The maximum Gasteiger partial charge on any atom is 0.267 e. The number of thiocarbonyl (C=S) groups is 1. The first-order valence-corrected chi connectivity index (χ1v) is 12.9. The predicted octanol–water partition coefficient (Wildman–Crippen LogP) is 5.29. The maximum atomic E-state index is 13.6. The number of carbonyl (C=O) groups is 1. The SMILES string of the molecule is Cc1ccc2nc(NC3CCCCC3)c(C=C3SC(=S)N(Cc4ccc(F)cc4)C3=O)c(=O)n2c1. The number of carbonyl (C=O) groups excluding carboxylic acids is 1. The Bertz CT molecular complexity index is 1390. The van der Waals surface area contributed by atoms with Gasteiger partial charge in [-0.1, -0.05) is 61.4 Å². The lowest BCUT2D eigenvalue weighted by atomic mass is 9.95. The molecule has 0 unspecified atom stereocenters. The molecule has 0 spiro atoms. The number of halogens is 1. The van der Waals surface area contributed by atoms with E-state index in [1.165, 1.54) is 27.9 Å². The normalized spacial score (nSPS) is 18.1. The van der Waals surface area contributed by atoms with Crippen LogP contribution in [0.2, 0.25) is 0 Å². The molecular formula is C26H25FN4O2S2. The van der Waals surface area contributed by atoms with Crippen molar-refractivity contribution < 1.29 is 9.18 Å². The largest absolute Gasteiger partial charge is 0.367 e. The molecule has 1 aliphatic heterocycles. The van der Waals surface area contributed by atoms with Gasteiger partial charge in [0.15, 0.2) is 0 Å². The summed E-state index contributed by atoms with van der Waals surface area (Å²) in [5.41, 5.74) is 2.37. The van der Waals surface area contributed by atoms with Gasteiger partial charge in [0.2, 0.25) is 0 Å². The molecular weight excluding hydrogens is 483 g/mol. The van der Waals surface area contributed by atoms with Crippen LogP contribution in [0.4, 0.5) is 10.2 Å². The minimum Gasteiger partial charge on any atom is -0.367 e. The molecule has 3 heterocycles. The Morgan fingerprint density at radius 2 is 1.89 bits per heavy atom. The minimum absolute atomic E-state index is 0.235. The van der Waals surface area contributed by atoms with Crippen LogP contribution in [0.3, 0.4) is 0 Å². The number of aryl methyl sites for hydroxylation is 1. The Hall–Kier alpha value is -3.04. The molecule has 1 aliphatic carbocycles. The average Bonchev–Trinajstić information content (AvgIpc) is 3.11. The Kier molecular flexibility index (Phi) is 6.71. The van der Waals surface area contributed by atoms with Gasteiger partial charge in [-0.25, -0.2) is 9.37 Å². The van der Waals surface area contributed by atoms with Gasteiger partial charge in [-0.05, 0) is 55.2 Å². The number of rotatable bonds is 5. The van der Waals surface area contributed by atoms with Gasteiger partial charge in [0, 0.05) is 12.2 Å². The summed E-state index contributed by atoms with van der Waals surface area (Å²) in [6, 6.07) is 9.97. The van der Waals surface area contributed by atoms with Crippen molar-refractivity contribution in [3.8, 4) is 0 Å². The molecule has 35 heavy (non-hydrogen) atoms. The summed E-state index contributed by atoms with van der Waals surface area (Å²) >= 11 is 6.63. The van der Waals surface area contributed by atoms with Gasteiger partial charge in [-0.3, -0.25) is 18.9 Å². The van der Waals surface area contributed by atoms with E-state index in [-0.39, 0.29) is 29.9 Å². The summed E-state index contributed by atoms with van der Waals surface area (Å²) in [6.07, 6.45) is 8.91. The van der Waals surface area contributed by atoms with Crippen LogP contribution in [0.1, 0.15) is 48.8 Å². The molecule has 2 aliphatic rings. The van der Waals surface area contributed by atoms with Crippen LogP contribution in [-0.2, 0) is 11.3 Å². The first-order valence-electron chi connectivity index (χ1n) is 11.7. The van der Waals surface area contributed by atoms with Gasteiger partial charge in [-0.2, -0.15) is 0 Å². The van der Waals surface area contributed by atoms with Crippen molar-refractivity contribution in [2.75, 3.05) is 5.32 Å². The zero-order valence-corrected chi connectivity index (χ0v) is 20.9. The van der Waals surface area contributed by atoms with E-state index in [1.807, 2.05) is 19.1 Å². The summed E-state index contributed by atoms with van der Waals surface area (Å²) in [5, 5.41) is 3.48. The molecule has 3 aromatic rings. The Morgan fingerprint density at radius 1 is 1.14 bits per heavy atom. The molecule has 1 amide bonds. The number of hydrogen-bond acceptors (Lipinski definition) is 6. The highest BCUT2D eigenvalue weighted by atomic mass is 32.2. The van der Waals surface area contributed by atoms with E-state index in [0.29, 0.717) is 26.3 Å². The second-order valence-electron chi connectivity index (χ2n) is 8.99. The molecule has 1 saturated heterocycles. The van der Waals surface area contributed by atoms with E-state index in [4.69, 9.17) is 17.2 Å². The predicted molar refractivity (Wildman–Crippen MR) is 142 cm³/mol. The number of thioether (sulfide) groups is 1. The van der Waals surface area contributed by atoms with Gasteiger partial charge in [0.1, 0.15) is 21.6 Å². The first-order chi connectivity index (χ1) is 16.9. The van der Waals surface area contributed by atoms with Crippen LogP contribution in [-0.4, -0.2) is 30.6 Å². The van der Waals surface area contributed by atoms with Crippen LogP contribution < -0.4 is 10.9 Å². The van der Waals surface area contributed by atoms with Crippen LogP contribution in [0.15, 0.2) is 52.3 Å². The van der Waals surface area contributed by atoms with E-state index < -0.39 is 0 Å². The number of pyridine rings is 1. The standard InChI is InChI=1S/C26H25FN4O2S2/c1-16-7-12-22-29-23(28-19-5-3-2-4-6-19)20(24(32)30(22)14-16)13-21-25(33)31(26(34)35-21)15-17-8-10-18(27)11-9-17/h7-14,19,28H,2-6,15H2,1H3. The number of anilines is 1. The summed E-state index contributed by atoms with van der Waals surface area (Å²) in [7, 11) is 0. The quantitative estimate of drug-likeness (QED) is 0.373. The van der Waals surface area contributed by atoms with Gasteiger partial charge in [0.25, 0.3) is 11.5 Å². The van der Waals surface area contributed by atoms with E-state index in [2.05, 4.69) is 5.32 Å². The zero-order chi connectivity index (χ0) is 24.5. The van der Waals surface area contributed by atoms with Gasteiger partial charge in [-0.15, -0.1) is 0 Å². The average molecular weight is 509 g/mol. The fourth-order valence-electron chi connectivity index (χ4n) is 4.48. The lowest BCUT2D eigenvalue weighted by Crippen LogP contribution is -2.28. The molecule has 1 saturated carbocycles. The topological polar surface area (TPSA) is 66.7 Å². The fraction of sp³-hybridized carbons (Fsp3) is 0.308. The van der Waals surface area contributed by atoms with Crippen molar-refractivity contribution in [2.45, 2.75) is 51.6 Å².